The van der Waals surface area contributed by atoms with Crippen LogP contribution in [0.15, 0.2) is 102 Å². The zero-order valence-electron chi connectivity index (χ0n) is 17.9. The van der Waals surface area contributed by atoms with Crippen molar-refractivity contribution in [3.63, 3.8) is 0 Å². The van der Waals surface area contributed by atoms with Crippen molar-refractivity contribution in [1.29, 1.82) is 0 Å². The van der Waals surface area contributed by atoms with Crippen molar-refractivity contribution in [3.05, 3.63) is 108 Å². The Morgan fingerprint density at radius 3 is 2.52 bits per heavy atom. The minimum Gasteiger partial charge on any atom is -0.454 e. The van der Waals surface area contributed by atoms with Gasteiger partial charge in [-0.1, -0.05) is 36.4 Å². The number of rotatable bonds is 5. The fourth-order valence-corrected chi connectivity index (χ4v) is 4.26. The van der Waals surface area contributed by atoms with Crippen LogP contribution in [0.2, 0.25) is 0 Å². The van der Waals surface area contributed by atoms with E-state index in [1.165, 1.54) is 0 Å². The molecule has 1 N–H and O–H groups in total. The van der Waals surface area contributed by atoms with Crippen LogP contribution in [0.25, 0.3) is 0 Å². The Bertz CT molecular complexity index is 1310. The van der Waals surface area contributed by atoms with Gasteiger partial charge in [0.2, 0.25) is 6.79 Å². The SMILES string of the molecule is c1ccc(N2N=C(c3cccc(Nc4ccncc4)c3)CC2c2ccc3c(c2)OCO3)cc1. The van der Waals surface area contributed by atoms with Gasteiger partial charge in [0, 0.05) is 30.2 Å². The fourth-order valence-electron chi connectivity index (χ4n) is 4.26. The molecule has 3 aromatic carbocycles. The van der Waals surface area contributed by atoms with Crippen LogP contribution >= 0.6 is 0 Å². The molecule has 1 aromatic heterocycles. The first kappa shape index (κ1) is 19.4. The topological polar surface area (TPSA) is 59.0 Å². The van der Waals surface area contributed by atoms with E-state index in [1.54, 1.807) is 12.4 Å². The number of hydrogen-bond acceptors (Lipinski definition) is 6. The Morgan fingerprint density at radius 2 is 1.64 bits per heavy atom. The van der Waals surface area contributed by atoms with Gasteiger partial charge in [0.05, 0.1) is 17.4 Å². The number of para-hydroxylation sites is 1. The van der Waals surface area contributed by atoms with Crippen molar-refractivity contribution in [2.24, 2.45) is 5.10 Å². The second-order valence-corrected chi connectivity index (χ2v) is 8.00. The third-order valence-electron chi connectivity index (χ3n) is 5.88. The van der Waals surface area contributed by atoms with E-state index in [2.05, 4.69) is 63.8 Å². The monoisotopic (exact) mass is 434 g/mol. The minimum atomic E-state index is 0.0636. The number of hydrazone groups is 1. The molecule has 0 saturated heterocycles. The molecule has 6 nitrogen and oxygen atoms in total. The van der Waals surface area contributed by atoms with Gasteiger partial charge in [-0.3, -0.25) is 9.99 Å². The lowest BCUT2D eigenvalue weighted by atomic mass is 9.97. The van der Waals surface area contributed by atoms with E-state index < -0.39 is 0 Å². The summed E-state index contributed by atoms with van der Waals surface area (Å²) >= 11 is 0. The molecule has 162 valence electrons. The first-order chi connectivity index (χ1) is 16.3. The first-order valence-electron chi connectivity index (χ1n) is 10.9. The van der Waals surface area contributed by atoms with Crippen molar-refractivity contribution in [3.8, 4) is 11.5 Å². The van der Waals surface area contributed by atoms with Crippen LogP contribution in [0.4, 0.5) is 17.1 Å². The largest absolute Gasteiger partial charge is 0.454 e. The van der Waals surface area contributed by atoms with Crippen molar-refractivity contribution < 1.29 is 9.47 Å². The summed E-state index contributed by atoms with van der Waals surface area (Å²) in [7, 11) is 0. The standard InChI is InChI=1S/C27H22N4O2/c1-2-7-23(8-3-1)31-25(20-9-10-26-27(16-20)33-18-32-26)17-24(30-31)19-5-4-6-22(15-19)29-21-11-13-28-14-12-21/h1-16,25H,17-18H2,(H,28,29). The highest BCUT2D eigenvalue weighted by molar-refractivity contribution is 6.04. The van der Waals surface area contributed by atoms with E-state index in [0.717, 1.165) is 51.8 Å². The average molecular weight is 434 g/mol. The quantitative estimate of drug-likeness (QED) is 0.423. The van der Waals surface area contributed by atoms with Crippen molar-refractivity contribution in [1.82, 2.24) is 4.98 Å². The molecule has 2 aliphatic rings. The van der Waals surface area contributed by atoms with Crippen molar-refractivity contribution in [2.75, 3.05) is 17.1 Å². The maximum absolute atomic E-state index is 5.63. The Morgan fingerprint density at radius 1 is 0.788 bits per heavy atom. The van der Waals surface area contributed by atoms with E-state index in [1.807, 2.05) is 36.4 Å². The number of nitrogens with one attached hydrogen (secondary N) is 1. The number of aromatic nitrogens is 1. The van der Waals surface area contributed by atoms with Crippen LogP contribution in [0.1, 0.15) is 23.6 Å². The number of ether oxygens (including phenoxy) is 2. The molecule has 6 heteroatoms. The molecular weight excluding hydrogens is 412 g/mol. The molecule has 1 unspecified atom stereocenters. The highest BCUT2D eigenvalue weighted by atomic mass is 16.7. The average Bonchev–Trinajstić information content (AvgIpc) is 3.52. The highest BCUT2D eigenvalue weighted by Gasteiger charge is 2.31. The van der Waals surface area contributed by atoms with Gasteiger partial charge in [0.1, 0.15) is 0 Å². The zero-order valence-corrected chi connectivity index (χ0v) is 17.9. The van der Waals surface area contributed by atoms with E-state index in [-0.39, 0.29) is 12.8 Å². The molecule has 0 saturated carbocycles. The molecule has 3 heterocycles. The summed E-state index contributed by atoms with van der Waals surface area (Å²) in [6, 6.07) is 28.8. The van der Waals surface area contributed by atoms with E-state index in [0.29, 0.717) is 0 Å². The van der Waals surface area contributed by atoms with Gasteiger partial charge in [-0.25, -0.2) is 0 Å². The Balaban J connectivity index is 1.34. The second-order valence-electron chi connectivity index (χ2n) is 8.00. The summed E-state index contributed by atoms with van der Waals surface area (Å²) in [5, 5.41) is 10.6. The molecule has 33 heavy (non-hydrogen) atoms. The predicted octanol–water partition coefficient (Wildman–Crippen LogP) is 5.91. The zero-order chi connectivity index (χ0) is 22.0. The smallest absolute Gasteiger partial charge is 0.231 e. The Kier molecular flexibility index (Phi) is 4.88. The Labute approximate surface area is 192 Å². The van der Waals surface area contributed by atoms with Crippen LogP contribution in [0, 0.1) is 0 Å². The number of anilines is 3. The number of hydrogen-bond donors (Lipinski definition) is 1. The molecule has 0 spiro atoms. The lowest BCUT2D eigenvalue weighted by Gasteiger charge is -2.24. The molecule has 2 aliphatic heterocycles. The molecular formula is C27H22N4O2. The summed E-state index contributed by atoms with van der Waals surface area (Å²) in [4.78, 5) is 4.08. The number of benzene rings is 3. The van der Waals surface area contributed by atoms with Crippen LogP contribution in [-0.4, -0.2) is 17.5 Å². The first-order valence-corrected chi connectivity index (χ1v) is 10.9. The number of nitrogens with zero attached hydrogens (tertiary/aromatic N) is 3. The summed E-state index contributed by atoms with van der Waals surface area (Å²) in [5.41, 5.74) is 6.35. The van der Waals surface area contributed by atoms with Crippen LogP contribution in [-0.2, 0) is 0 Å². The van der Waals surface area contributed by atoms with Gasteiger partial charge in [0.25, 0.3) is 0 Å². The van der Waals surface area contributed by atoms with Gasteiger partial charge in [0.15, 0.2) is 11.5 Å². The van der Waals surface area contributed by atoms with Gasteiger partial charge in [-0.15, -0.1) is 0 Å². The number of fused-ring (bicyclic) bond motifs is 1. The fraction of sp³-hybridized carbons (Fsp3) is 0.111. The molecule has 0 fully saturated rings. The van der Waals surface area contributed by atoms with Gasteiger partial charge >= 0.3 is 0 Å². The lowest BCUT2D eigenvalue weighted by molar-refractivity contribution is 0.174. The van der Waals surface area contributed by atoms with Gasteiger partial charge in [-0.05, 0) is 59.7 Å². The predicted molar refractivity (Wildman–Crippen MR) is 129 cm³/mol. The maximum Gasteiger partial charge on any atom is 0.231 e. The van der Waals surface area contributed by atoms with Crippen LogP contribution < -0.4 is 19.8 Å². The summed E-state index contributed by atoms with van der Waals surface area (Å²) in [6.45, 7) is 0.269. The summed E-state index contributed by atoms with van der Waals surface area (Å²) in [5.74, 6) is 1.58. The molecule has 4 aromatic rings. The normalized spacial score (nSPS) is 16.5. The van der Waals surface area contributed by atoms with Crippen molar-refractivity contribution >= 4 is 22.8 Å². The third-order valence-corrected chi connectivity index (χ3v) is 5.88. The maximum atomic E-state index is 5.63. The van der Waals surface area contributed by atoms with Crippen LogP contribution in [0.3, 0.4) is 0 Å². The number of pyridine rings is 1. The van der Waals surface area contributed by atoms with E-state index >= 15 is 0 Å². The molecule has 6 rings (SSSR count). The molecule has 0 radical (unpaired) electrons. The van der Waals surface area contributed by atoms with Gasteiger partial charge < -0.3 is 14.8 Å². The molecule has 1 atom stereocenters. The Hall–Kier alpha value is -4.32. The van der Waals surface area contributed by atoms with Crippen LogP contribution in [0.5, 0.6) is 11.5 Å². The van der Waals surface area contributed by atoms with Crippen molar-refractivity contribution in [2.45, 2.75) is 12.5 Å². The minimum absolute atomic E-state index is 0.0636. The molecule has 0 bridgehead atoms. The highest BCUT2D eigenvalue weighted by Crippen LogP contribution is 2.41. The van der Waals surface area contributed by atoms with Gasteiger partial charge in [-0.2, -0.15) is 5.10 Å². The lowest BCUT2D eigenvalue weighted by Crippen LogP contribution is -2.18. The molecule has 0 aliphatic carbocycles. The van der Waals surface area contributed by atoms with E-state index in [9.17, 15) is 0 Å². The molecule has 0 amide bonds. The summed E-state index contributed by atoms with van der Waals surface area (Å²) < 4.78 is 11.1. The summed E-state index contributed by atoms with van der Waals surface area (Å²) in [6.07, 6.45) is 4.34. The third kappa shape index (κ3) is 3.87. The second kappa shape index (κ2) is 8.31. The van der Waals surface area contributed by atoms with E-state index in [4.69, 9.17) is 14.6 Å².